The number of phosphoric acid groups is 1. The number of carbonyl (C=O) groups is 2. The molecule has 266 valence electrons. The maximum atomic E-state index is 12.3. The van der Waals surface area contributed by atoms with Crippen LogP contribution in [0.4, 0.5) is 0 Å². The number of hydrogen-bond donors (Lipinski definition) is 2. The van der Waals surface area contributed by atoms with Crippen molar-refractivity contribution in [3.05, 3.63) is 48.6 Å². The monoisotopic (exact) mass is 668 g/mol. The first-order valence-corrected chi connectivity index (χ1v) is 19.5. The van der Waals surface area contributed by atoms with Crippen molar-refractivity contribution >= 4 is 19.8 Å². The minimum absolute atomic E-state index is 0.205. The molecule has 0 fully saturated rings. The van der Waals surface area contributed by atoms with Crippen LogP contribution < -0.4 is 0 Å². The number of hydrogen-bond acceptors (Lipinski definition) is 6. The lowest BCUT2D eigenvalue weighted by atomic mass is 10.0. The van der Waals surface area contributed by atoms with Gasteiger partial charge in [0.1, 0.15) is 6.61 Å². The largest absolute Gasteiger partial charge is 0.469 e. The predicted molar refractivity (Wildman–Crippen MR) is 188 cm³/mol. The van der Waals surface area contributed by atoms with Crippen LogP contribution in [-0.2, 0) is 28.2 Å². The summed E-state index contributed by atoms with van der Waals surface area (Å²) in [6.07, 6.45) is 38.8. The summed E-state index contributed by atoms with van der Waals surface area (Å²) < 4.78 is 26.1. The van der Waals surface area contributed by atoms with E-state index in [1.165, 1.54) is 38.5 Å². The van der Waals surface area contributed by atoms with Gasteiger partial charge in [-0.25, -0.2) is 4.57 Å². The van der Waals surface area contributed by atoms with Crippen molar-refractivity contribution in [2.45, 2.75) is 161 Å². The van der Waals surface area contributed by atoms with Crippen molar-refractivity contribution in [2.75, 3.05) is 13.2 Å². The zero-order valence-electron chi connectivity index (χ0n) is 29.0. The lowest BCUT2D eigenvalue weighted by Gasteiger charge is -2.18. The van der Waals surface area contributed by atoms with Gasteiger partial charge in [0, 0.05) is 12.8 Å². The Morgan fingerprint density at radius 3 is 1.57 bits per heavy atom. The standard InChI is InChI=1S/C37H65O8P/c1-3-5-7-9-10-11-12-13-14-15-16-17-18-19-20-21-22-23-24-25-26-28-30-32-37(39)45-35(34-44-46(40,41)42)33-43-36(38)31-29-27-8-6-4-2/h5,7,10-11,13-14,16-17,35H,3-4,6,8-9,12,15,18-34H2,1-2H3,(H2,40,41,42)/b7-5-,11-10-,14-13-,17-16-. The zero-order valence-corrected chi connectivity index (χ0v) is 29.9. The van der Waals surface area contributed by atoms with E-state index in [1.807, 2.05) is 0 Å². The summed E-state index contributed by atoms with van der Waals surface area (Å²) in [5, 5.41) is 0. The maximum absolute atomic E-state index is 12.3. The number of esters is 2. The number of ether oxygens (including phenoxy) is 2. The van der Waals surface area contributed by atoms with Gasteiger partial charge in [-0.05, 0) is 51.4 Å². The molecule has 0 radical (unpaired) electrons. The van der Waals surface area contributed by atoms with Gasteiger partial charge in [-0.2, -0.15) is 0 Å². The quantitative estimate of drug-likeness (QED) is 0.0315. The number of carbonyl (C=O) groups excluding carboxylic acids is 2. The smallest absolute Gasteiger partial charge is 0.462 e. The second-order valence-corrected chi connectivity index (χ2v) is 13.1. The van der Waals surface area contributed by atoms with E-state index in [0.717, 1.165) is 83.5 Å². The van der Waals surface area contributed by atoms with E-state index < -0.39 is 32.5 Å². The first-order chi connectivity index (χ1) is 22.3. The Kier molecular flexibility index (Phi) is 31.5. The van der Waals surface area contributed by atoms with Gasteiger partial charge in [-0.1, -0.05) is 140 Å². The highest BCUT2D eigenvalue weighted by atomic mass is 31.2. The summed E-state index contributed by atoms with van der Waals surface area (Å²) in [6, 6.07) is 0. The van der Waals surface area contributed by atoms with Gasteiger partial charge < -0.3 is 19.3 Å². The molecule has 0 bridgehead atoms. The van der Waals surface area contributed by atoms with Crippen LogP contribution in [0.3, 0.4) is 0 Å². The van der Waals surface area contributed by atoms with E-state index >= 15 is 0 Å². The minimum atomic E-state index is -4.74. The highest BCUT2D eigenvalue weighted by Gasteiger charge is 2.22. The van der Waals surface area contributed by atoms with E-state index in [0.29, 0.717) is 6.42 Å². The van der Waals surface area contributed by atoms with E-state index in [1.54, 1.807) is 0 Å². The fourth-order valence-electron chi connectivity index (χ4n) is 4.72. The Morgan fingerprint density at radius 1 is 0.587 bits per heavy atom. The SMILES string of the molecule is CC/C=C\C/C=C\C/C=C\C/C=C\CCCCCCCCCCCCC(=O)OC(COC(=O)CCCCCCC)COP(=O)(O)O. The molecule has 9 heteroatoms. The van der Waals surface area contributed by atoms with Gasteiger partial charge in [-0.3, -0.25) is 14.1 Å². The average molecular weight is 669 g/mol. The Hall–Kier alpha value is -1.99. The molecular formula is C37H65O8P. The molecule has 1 unspecified atom stereocenters. The molecular weight excluding hydrogens is 603 g/mol. The average Bonchev–Trinajstić information content (AvgIpc) is 3.02. The zero-order chi connectivity index (χ0) is 34.0. The Bertz CT molecular complexity index is 890. The summed E-state index contributed by atoms with van der Waals surface area (Å²) in [7, 11) is -4.74. The van der Waals surface area contributed by atoms with Gasteiger partial charge in [0.05, 0.1) is 6.61 Å². The molecule has 0 aromatic heterocycles. The van der Waals surface area contributed by atoms with Crippen LogP contribution in [0.5, 0.6) is 0 Å². The summed E-state index contributed by atoms with van der Waals surface area (Å²) in [4.78, 5) is 42.3. The molecule has 0 aromatic carbocycles. The van der Waals surface area contributed by atoms with Crippen molar-refractivity contribution < 1.29 is 37.9 Å². The van der Waals surface area contributed by atoms with Crippen LogP contribution in [0, 0.1) is 0 Å². The second-order valence-electron chi connectivity index (χ2n) is 11.8. The molecule has 0 aliphatic heterocycles. The third kappa shape index (κ3) is 34.9. The normalized spacial score (nSPS) is 13.0. The summed E-state index contributed by atoms with van der Waals surface area (Å²) in [5.41, 5.74) is 0. The van der Waals surface area contributed by atoms with Gasteiger partial charge in [0.2, 0.25) is 0 Å². The molecule has 0 aliphatic carbocycles. The molecule has 8 nitrogen and oxygen atoms in total. The maximum Gasteiger partial charge on any atom is 0.469 e. The summed E-state index contributed by atoms with van der Waals surface area (Å²) >= 11 is 0. The third-order valence-electron chi connectivity index (χ3n) is 7.36. The predicted octanol–water partition coefficient (Wildman–Crippen LogP) is 10.4. The number of allylic oxidation sites excluding steroid dienone is 8. The Morgan fingerprint density at radius 2 is 1.04 bits per heavy atom. The second kappa shape index (κ2) is 32.9. The molecule has 0 rings (SSSR count). The van der Waals surface area contributed by atoms with Crippen molar-refractivity contribution in [1.29, 1.82) is 0 Å². The van der Waals surface area contributed by atoms with Crippen LogP contribution in [-0.4, -0.2) is 41.0 Å². The van der Waals surface area contributed by atoms with Crippen LogP contribution >= 0.6 is 7.82 Å². The van der Waals surface area contributed by atoms with Crippen molar-refractivity contribution in [3.8, 4) is 0 Å². The van der Waals surface area contributed by atoms with E-state index in [-0.39, 0.29) is 19.4 Å². The van der Waals surface area contributed by atoms with E-state index in [2.05, 4.69) is 67.0 Å². The van der Waals surface area contributed by atoms with Crippen molar-refractivity contribution in [2.24, 2.45) is 0 Å². The van der Waals surface area contributed by atoms with Crippen molar-refractivity contribution in [3.63, 3.8) is 0 Å². The Labute approximate surface area is 280 Å². The molecule has 1 atom stereocenters. The molecule has 46 heavy (non-hydrogen) atoms. The van der Waals surface area contributed by atoms with Crippen LogP contribution in [0.1, 0.15) is 155 Å². The van der Waals surface area contributed by atoms with Crippen LogP contribution in [0.2, 0.25) is 0 Å². The lowest BCUT2D eigenvalue weighted by Crippen LogP contribution is -2.29. The number of rotatable bonds is 32. The molecule has 0 heterocycles. The highest BCUT2D eigenvalue weighted by Crippen LogP contribution is 2.36. The van der Waals surface area contributed by atoms with Crippen LogP contribution in [0.25, 0.3) is 0 Å². The first-order valence-electron chi connectivity index (χ1n) is 17.9. The molecule has 0 amide bonds. The van der Waals surface area contributed by atoms with Gasteiger partial charge in [0.15, 0.2) is 6.10 Å². The fraction of sp³-hybridized carbons (Fsp3) is 0.730. The molecule has 0 saturated heterocycles. The number of unbranched alkanes of at least 4 members (excludes halogenated alkanes) is 14. The fourth-order valence-corrected chi connectivity index (χ4v) is 5.08. The van der Waals surface area contributed by atoms with E-state index in [9.17, 15) is 14.2 Å². The van der Waals surface area contributed by atoms with Crippen LogP contribution in [0.15, 0.2) is 48.6 Å². The lowest BCUT2D eigenvalue weighted by molar-refractivity contribution is -0.161. The first kappa shape index (κ1) is 44.0. The third-order valence-corrected chi connectivity index (χ3v) is 7.85. The molecule has 0 saturated carbocycles. The summed E-state index contributed by atoms with van der Waals surface area (Å²) in [6.45, 7) is 3.45. The van der Waals surface area contributed by atoms with Gasteiger partial charge in [-0.15, -0.1) is 0 Å². The van der Waals surface area contributed by atoms with Crippen molar-refractivity contribution in [1.82, 2.24) is 0 Å². The van der Waals surface area contributed by atoms with Gasteiger partial charge in [0.25, 0.3) is 0 Å². The minimum Gasteiger partial charge on any atom is -0.462 e. The molecule has 0 aromatic rings. The molecule has 0 aliphatic rings. The van der Waals surface area contributed by atoms with Gasteiger partial charge >= 0.3 is 19.8 Å². The number of phosphoric ester groups is 1. The topological polar surface area (TPSA) is 119 Å². The summed E-state index contributed by atoms with van der Waals surface area (Å²) in [5.74, 6) is -0.907. The molecule has 2 N–H and O–H groups in total. The highest BCUT2D eigenvalue weighted by molar-refractivity contribution is 7.46. The molecule has 0 spiro atoms. The van der Waals surface area contributed by atoms with E-state index in [4.69, 9.17) is 19.3 Å². The Balaban J connectivity index is 3.82.